The Kier molecular flexibility index (Phi) is 4.07. The number of benzene rings is 1. The Labute approximate surface area is 96.1 Å². The predicted molar refractivity (Wildman–Crippen MR) is 62.9 cm³/mol. The maximum Gasteiger partial charge on any atom is 0.313 e. The largest absolute Gasteiger partial charge is 0.481 e. The van der Waals surface area contributed by atoms with Crippen LogP contribution in [-0.2, 0) is 9.53 Å². The summed E-state index contributed by atoms with van der Waals surface area (Å²) in [6, 6.07) is 3.97. The van der Waals surface area contributed by atoms with Crippen molar-refractivity contribution in [1.29, 1.82) is 0 Å². The molecular weight excluding hydrogens is 204 g/mol. The van der Waals surface area contributed by atoms with E-state index in [1.165, 1.54) is 12.7 Å². The molecule has 3 nitrogen and oxygen atoms in total. The van der Waals surface area contributed by atoms with Crippen LogP contribution in [0.2, 0.25) is 0 Å². The van der Waals surface area contributed by atoms with Gasteiger partial charge in [-0.2, -0.15) is 0 Å². The maximum absolute atomic E-state index is 11.2. The molecule has 3 heteroatoms. The third-order valence-electron chi connectivity index (χ3n) is 2.89. The van der Waals surface area contributed by atoms with E-state index in [9.17, 15) is 4.79 Å². The Morgan fingerprint density at radius 1 is 1.25 bits per heavy atom. The minimum atomic E-state index is -0.840. The second kappa shape index (κ2) is 5.12. The van der Waals surface area contributed by atoms with Crippen molar-refractivity contribution in [1.82, 2.24) is 0 Å². The quantitative estimate of drug-likeness (QED) is 0.851. The Morgan fingerprint density at radius 3 is 2.31 bits per heavy atom. The summed E-state index contributed by atoms with van der Waals surface area (Å²) in [5, 5.41) is 9.16. The average molecular weight is 222 g/mol. The molecule has 0 aromatic heterocycles. The molecule has 0 amide bonds. The van der Waals surface area contributed by atoms with E-state index in [4.69, 9.17) is 9.84 Å². The number of methoxy groups -OCH3 is 1. The first kappa shape index (κ1) is 12.7. The van der Waals surface area contributed by atoms with Crippen molar-refractivity contribution in [3.05, 3.63) is 34.4 Å². The zero-order valence-corrected chi connectivity index (χ0v) is 10.2. The van der Waals surface area contributed by atoms with Crippen LogP contribution in [0.4, 0.5) is 0 Å². The van der Waals surface area contributed by atoms with Gasteiger partial charge in [-0.15, -0.1) is 0 Å². The first-order valence-electron chi connectivity index (χ1n) is 5.26. The minimum Gasteiger partial charge on any atom is -0.481 e. The summed E-state index contributed by atoms with van der Waals surface area (Å²) < 4.78 is 4.96. The monoisotopic (exact) mass is 222 g/mol. The highest BCUT2D eigenvalue weighted by Crippen LogP contribution is 2.24. The molecule has 16 heavy (non-hydrogen) atoms. The molecule has 0 aliphatic heterocycles. The molecule has 1 unspecified atom stereocenters. The summed E-state index contributed by atoms with van der Waals surface area (Å²) in [4.78, 5) is 11.2. The Hall–Kier alpha value is -1.35. The van der Waals surface area contributed by atoms with Crippen molar-refractivity contribution in [2.24, 2.45) is 0 Å². The van der Waals surface area contributed by atoms with E-state index >= 15 is 0 Å². The molecule has 0 saturated carbocycles. The van der Waals surface area contributed by atoms with Crippen LogP contribution in [-0.4, -0.2) is 24.8 Å². The molecule has 0 spiro atoms. The van der Waals surface area contributed by atoms with E-state index in [0.29, 0.717) is 0 Å². The Bertz CT molecular complexity index is 396. The number of rotatable bonds is 4. The lowest BCUT2D eigenvalue weighted by Crippen LogP contribution is -2.18. The van der Waals surface area contributed by atoms with E-state index in [0.717, 1.165) is 16.7 Å². The molecule has 1 rings (SSSR count). The van der Waals surface area contributed by atoms with Gasteiger partial charge in [0, 0.05) is 7.11 Å². The van der Waals surface area contributed by atoms with Gasteiger partial charge in [-0.05, 0) is 43.0 Å². The molecule has 1 aromatic rings. The second-order valence-electron chi connectivity index (χ2n) is 4.14. The zero-order chi connectivity index (χ0) is 12.3. The predicted octanol–water partition coefficient (Wildman–Crippen LogP) is 2.43. The first-order valence-corrected chi connectivity index (χ1v) is 5.26. The lowest BCUT2D eigenvalue weighted by molar-refractivity contribution is -0.140. The van der Waals surface area contributed by atoms with Crippen LogP contribution < -0.4 is 0 Å². The molecule has 0 fully saturated rings. The van der Waals surface area contributed by atoms with Crippen LogP contribution >= 0.6 is 0 Å². The first-order chi connectivity index (χ1) is 7.47. The van der Waals surface area contributed by atoms with Crippen LogP contribution in [0.25, 0.3) is 0 Å². The fourth-order valence-electron chi connectivity index (χ4n) is 1.82. The number of hydrogen-bond donors (Lipinski definition) is 1. The number of hydrogen-bond acceptors (Lipinski definition) is 2. The van der Waals surface area contributed by atoms with E-state index in [2.05, 4.69) is 0 Å². The highest BCUT2D eigenvalue weighted by atomic mass is 16.5. The number of aryl methyl sites for hydroxylation is 3. The summed E-state index contributed by atoms with van der Waals surface area (Å²) in [5.41, 5.74) is 4.15. The summed E-state index contributed by atoms with van der Waals surface area (Å²) >= 11 is 0. The molecule has 0 aliphatic carbocycles. The van der Waals surface area contributed by atoms with Crippen molar-refractivity contribution in [3.8, 4) is 0 Å². The SMILES string of the molecule is COCC(C(=O)O)c1cc(C)c(C)cc1C. The third-order valence-corrected chi connectivity index (χ3v) is 2.89. The molecule has 0 saturated heterocycles. The number of carboxylic acids is 1. The van der Waals surface area contributed by atoms with E-state index in [1.54, 1.807) is 0 Å². The van der Waals surface area contributed by atoms with Crippen LogP contribution in [0.5, 0.6) is 0 Å². The van der Waals surface area contributed by atoms with Gasteiger partial charge in [0.1, 0.15) is 5.92 Å². The lowest BCUT2D eigenvalue weighted by atomic mass is 9.92. The molecule has 0 bridgehead atoms. The molecule has 0 radical (unpaired) electrons. The zero-order valence-electron chi connectivity index (χ0n) is 10.2. The second-order valence-corrected chi connectivity index (χ2v) is 4.14. The van der Waals surface area contributed by atoms with Gasteiger partial charge in [0.2, 0.25) is 0 Å². The molecule has 0 heterocycles. The van der Waals surface area contributed by atoms with Crippen molar-refractivity contribution in [2.45, 2.75) is 26.7 Å². The van der Waals surface area contributed by atoms with Gasteiger partial charge >= 0.3 is 5.97 Å². The van der Waals surface area contributed by atoms with Gasteiger partial charge in [-0.25, -0.2) is 0 Å². The number of carbonyl (C=O) groups is 1. The summed E-state index contributed by atoms with van der Waals surface area (Å²) in [7, 11) is 1.52. The van der Waals surface area contributed by atoms with Gasteiger partial charge in [-0.3, -0.25) is 4.79 Å². The van der Waals surface area contributed by atoms with Gasteiger partial charge in [-0.1, -0.05) is 12.1 Å². The summed E-state index contributed by atoms with van der Waals surface area (Å²) in [6.07, 6.45) is 0. The molecular formula is C13H18O3. The Balaban J connectivity index is 3.18. The van der Waals surface area contributed by atoms with E-state index in [-0.39, 0.29) is 6.61 Å². The number of ether oxygens (including phenoxy) is 1. The van der Waals surface area contributed by atoms with Crippen LogP contribution in [0, 0.1) is 20.8 Å². The number of aliphatic carboxylic acids is 1. The molecule has 88 valence electrons. The molecule has 1 N–H and O–H groups in total. The van der Waals surface area contributed by atoms with Crippen LogP contribution in [0.3, 0.4) is 0 Å². The smallest absolute Gasteiger partial charge is 0.313 e. The van der Waals surface area contributed by atoms with E-state index in [1.807, 2.05) is 32.9 Å². The van der Waals surface area contributed by atoms with Crippen molar-refractivity contribution in [3.63, 3.8) is 0 Å². The average Bonchev–Trinajstić information content (AvgIpc) is 2.20. The summed E-state index contributed by atoms with van der Waals surface area (Å²) in [5.74, 6) is -1.42. The fraction of sp³-hybridized carbons (Fsp3) is 0.462. The van der Waals surface area contributed by atoms with Crippen LogP contribution in [0.1, 0.15) is 28.2 Å². The number of carboxylic acid groups (broad SMARTS) is 1. The highest BCUT2D eigenvalue weighted by Gasteiger charge is 2.21. The van der Waals surface area contributed by atoms with E-state index < -0.39 is 11.9 Å². The van der Waals surface area contributed by atoms with Crippen molar-refractivity contribution >= 4 is 5.97 Å². The Morgan fingerprint density at radius 2 is 1.81 bits per heavy atom. The normalized spacial score (nSPS) is 12.5. The van der Waals surface area contributed by atoms with Gasteiger partial charge < -0.3 is 9.84 Å². The maximum atomic E-state index is 11.2. The molecule has 0 aliphatic rings. The van der Waals surface area contributed by atoms with Crippen molar-refractivity contribution in [2.75, 3.05) is 13.7 Å². The van der Waals surface area contributed by atoms with Crippen LogP contribution in [0.15, 0.2) is 12.1 Å². The standard InChI is InChI=1S/C13H18O3/c1-8-5-10(3)11(6-9(8)2)12(7-16-4)13(14)15/h5-6,12H,7H2,1-4H3,(H,14,15). The van der Waals surface area contributed by atoms with Gasteiger partial charge in [0.15, 0.2) is 0 Å². The van der Waals surface area contributed by atoms with Gasteiger partial charge in [0.25, 0.3) is 0 Å². The fourth-order valence-corrected chi connectivity index (χ4v) is 1.82. The minimum absolute atomic E-state index is 0.207. The molecule has 1 aromatic carbocycles. The topological polar surface area (TPSA) is 46.5 Å². The lowest BCUT2D eigenvalue weighted by Gasteiger charge is -2.16. The highest BCUT2D eigenvalue weighted by molar-refractivity contribution is 5.77. The summed E-state index contributed by atoms with van der Waals surface area (Å²) in [6.45, 7) is 6.16. The van der Waals surface area contributed by atoms with Crippen molar-refractivity contribution < 1.29 is 14.6 Å². The molecule has 1 atom stereocenters. The van der Waals surface area contributed by atoms with Gasteiger partial charge in [0.05, 0.1) is 6.61 Å². The third kappa shape index (κ3) is 2.61.